The summed E-state index contributed by atoms with van der Waals surface area (Å²) >= 11 is 6.65. The van der Waals surface area contributed by atoms with Crippen LogP contribution in [-0.4, -0.2) is 53.9 Å². The fourth-order valence-electron chi connectivity index (χ4n) is 2.71. The second kappa shape index (κ2) is 9.38. The van der Waals surface area contributed by atoms with Gasteiger partial charge in [0.2, 0.25) is 5.91 Å². The topological polar surface area (TPSA) is 91.5 Å². The zero-order valence-corrected chi connectivity index (χ0v) is 17.1. The number of esters is 1. The summed E-state index contributed by atoms with van der Waals surface area (Å²) in [5.41, 5.74) is 0.486. The van der Waals surface area contributed by atoms with Crippen LogP contribution in [0.4, 0.5) is 0 Å². The van der Waals surface area contributed by atoms with Gasteiger partial charge in [0.15, 0.2) is 0 Å². The molecule has 1 aromatic rings. The Kier molecular flexibility index (Phi) is 7.49. The van der Waals surface area contributed by atoms with Crippen molar-refractivity contribution in [1.29, 1.82) is 0 Å². The van der Waals surface area contributed by atoms with Crippen LogP contribution in [0.5, 0.6) is 0 Å². The predicted molar refractivity (Wildman–Crippen MR) is 99.1 cm³/mol. The molecule has 25 heavy (non-hydrogen) atoms. The molecule has 2 N–H and O–H groups in total. The summed E-state index contributed by atoms with van der Waals surface area (Å²) in [6, 6.07) is 1.77. The third-order valence-corrected chi connectivity index (χ3v) is 5.93. The molecule has 0 radical (unpaired) electrons. The zero-order chi connectivity index (χ0) is 18.4. The molecule has 0 aliphatic carbocycles. The lowest BCUT2D eigenvalue weighted by Gasteiger charge is -2.32. The Morgan fingerprint density at radius 2 is 1.96 bits per heavy atom. The second-order valence-corrected chi connectivity index (χ2v) is 7.55. The van der Waals surface area contributed by atoms with Crippen molar-refractivity contribution in [2.45, 2.75) is 38.1 Å². The molecule has 1 aromatic heterocycles. The van der Waals surface area contributed by atoms with Crippen LogP contribution >= 0.6 is 31.9 Å². The lowest BCUT2D eigenvalue weighted by molar-refractivity contribution is -0.141. The summed E-state index contributed by atoms with van der Waals surface area (Å²) in [5.74, 6) is -0.406. The SMILES string of the molecule is COC(=O)CCCC(=O)N1CCC(NC(=O)c2cc(Br)c(Br)[nH]2)CC1. The van der Waals surface area contributed by atoms with Crippen molar-refractivity contribution >= 4 is 49.6 Å². The van der Waals surface area contributed by atoms with E-state index in [0.717, 1.165) is 21.9 Å². The van der Waals surface area contributed by atoms with E-state index < -0.39 is 0 Å². The second-order valence-electron chi connectivity index (χ2n) is 5.90. The summed E-state index contributed by atoms with van der Waals surface area (Å²) in [6.07, 6.45) is 2.54. The molecule has 138 valence electrons. The van der Waals surface area contributed by atoms with Gasteiger partial charge in [-0.1, -0.05) is 0 Å². The molecule has 0 atom stereocenters. The van der Waals surface area contributed by atoms with Gasteiger partial charge in [0, 0.05) is 32.0 Å². The molecule has 1 aliphatic heterocycles. The number of amides is 2. The number of piperidine rings is 1. The third kappa shape index (κ3) is 5.85. The molecule has 1 saturated heterocycles. The number of aromatic amines is 1. The summed E-state index contributed by atoms with van der Waals surface area (Å²) in [6.45, 7) is 1.22. The van der Waals surface area contributed by atoms with Gasteiger partial charge < -0.3 is 19.9 Å². The Bertz CT molecular complexity index is 620. The number of nitrogens with one attached hydrogen (secondary N) is 2. The number of nitrogens with zero attached hydrogens (tertiary/aromatic N) is 1. The van der Waals surface area contributed by atoms with Crippen LogP contribution in [0.2, 0.25) is 0 Å². The van der Waals surface area contributed by atoms with Gasteiger partial charge in [0.1, 0.15) is 5.69 Å². The van der Waals surface area contributed by atoms with Gasteiger partial charge in [-0.25, -0.2) is 0 Å². The number of H-pyrrole nitrogens is 1. The molecule has 0 unspecified atom stereocenters. The average molecular weight is 479 g/mol. The standard InChI is InChI=1S/C16H21Br2N3O4/c1-25-14(23)4-2-3-13(22)21-7-5-10(6-8-21)19-16(24)12-9-11(17)15(18)20-12/h9-10,20H,2-8H2,1H3,(H,19,24). The molecule has 1 fully saturated rings. The highest BCUT2D eigenvalue weighted by atomic mass is 79.9. The number of ether oxygens (including phenoxy) is 1. The van der Waals surface area contributed by atoms with Gasteiger partial charge in [-0.15, -0.1) is 0 Å². The number of carbonyl (C=O) groups excluding carboxylic acids is 3. The molecule has 2 rings (SSSR count). The number of halogens is 2. The minimum atomic E-state index is -0.295. The molecule has 1 aliphatic rings. The molecule has 2 heterocycles. The molecule has 0 bridgehead atoms. The van der Waals surface area contributed by atoms with Crippen LogP contribution in [0.1, 0.15) is 42.6 Å². The van der Waals surface area contributed by atoms with Crippen molar-refractivity contribution in [1.82, 2.24) is 15.2 Å². The Labute approximate surface area is 163 Å². The van der Waals surface area contributed by atoms with E-state index in [-0.39, 0.29) is 30.2 Å². The average Bonchev–Trinajstić information content (AvgIpc) is 2.94. The predicted octanol–water partition coefficient (Wildman–Crippen LogP) is 2.60. The monoisotopic (exact) mass is 477 g/mol. The Morgan fingerprint density at radius 1 is 1.28 bits per heavy atom. The van der Waals surface area contributed by atoms with Crippen LogP contribution in [0, 0.1) is 0 Å². The Morgan fingerprint density at radius 3 is 2.52 bits per heavy atom. The Balaban J connectivity index is 1.73. The minimum absolute atomic E-state index is 0.0471. The number of carbonyl (C=O) groups is 3. The molecule has 9 heteroatoms. The third-order valence-electron chi connectivity index (χ3n) is 4.15. The highest BCUT2D eigenvalue weighted by Gasteiger charge is 2.24. The molecule has 0 aromatic carbocycles. The zero-order valence-electron chi connectivity index (χ0n) is 13.9. The largest absolute Gasteiger partial charge is 0.469 e. The molecule has 7 nitrogen and oxygen atoms in total. The van der Waals surface area contributed by atoms with Crippen LogP contribution in [0.15, 0.2) is 15.1 Å². The summed E-state index contributed by atoms with van der Waals surface area (Å²) < 4.78 is 6.08. The van der Waals surface area contributed by atoms with Crippen molar-refractivity contribution in [3.05, 3.63) is 20.8 Å². The maximum atomic E-state index is 12.2. The molecular weight excluding hydrogens is 458 g/mol. The summed E-state index contributed by atoms with van der Waals surface area (Å²) in [4.78, 5) is 40.2. The molecule has 0 saturated carbocycles. The first-order valence-corrected chi connectivity index (χ1v) is 9.68. The van der Waals surface area contributed by atoms with E-state index in [1.165, 1.54) is 7.11 Å². The fourth-order valence-corrected chi connectivity index (χ4v) is 3.36. The van der Waals surface area contributed by atoms with Crippen LogP contribution in [-0.2, 0) is 14.3 Å². The van der Waals surface area contributed by atoms with Crippen molar-refractivity contribution in [2.24, 2.45) is 0 Å². The van der Waals surface area contributed by atoms with Crippen LogP contribution in [0.3, 0.4) is 0 Å². The van der Waals surface area contributed by atoms with E-state index in [9.17, 15) is 14.4 Å². The summed E-state index contributed by atoms with van der Waals surface area (Å²) in [5, 5.41) is 2.99. The number of likely N-dealkylation sites (tertiary alicyclic amines) is 1. The maximum absolute atomic E-state index is 12.2. The number of aromatic nitrogens is 1. The molecular formula is C16H21Br2N3O4. The quantitative estimate of drug-likeness (QED) is 0.614. The smallest absolute Gasteiger partial charge is 0.305 e. The van der Waals surface area contributed by atoms with Crippen molar-refractivity contribution in [3.63, 3.8) is 0 Å². The lowest BCUT2D eigenvalue weighted by Crippen LogP contribution is -2.46. The van der Waals surface area contributed by atoms with E-state index in [4.69, 9.17) is 0 Å². The normalized spacial score (nSPS) is 15.1. The van der Waals surface area contributed by atoms with Gasteiger partial charge in [-0.3, -0.25) is 14.4 Å². The lowest BCUT2D eigenvalue weighted by atomic mass is 10.0. The van der Waals surface area contributed by atoms with E-state index in [2.05, 4.69) is 46.9 Å². The van der Waals surface area contributed by atoms with Gasteiger partial charge in [0.25, 0.3) is 5.91 Å². The van der Waals surface area contributed by atoms with Crippen molar-refractivity contribution in [2.75, 3.05) is 20.2 Å². The first-order valence-electron chi connectivity index (χ1n) is 8.10. The van der Waals surface area contributed by atoms with Gasteiger partial charge in [0.05, 0.1) is 16.2 Å². The number of methoxy groups -OCH3 is 1. The van der Waals surface area contributed by atoms with Crippen LogP contribution in [0.25, 0.3) is 0 Å². The van der Waals surface area contributed by atoms with E-state index in [1.807, 2.05) is 0 Å². The number of rotatable bonds is 6. The van der Waals surface area contributed by atoms with Gasteiger partial charge in [-0.2, -0.15) is 0 Å². The van der Waals surface area contributed by atoms with Gasteiger partial charge in [-0.05, 0) is 57.2 Å². The van der Waals surface area contributed by atoms with E-state index in [0.29, 0.717) is 31.6 Å². The summed E-state index contributed by atoms with van der Waals surface area (Å²) in [7, 11) is 1.34. The minimum Gasteiger partial charge on any atom is -0.469 e. The van der Waals surface area contributed by atoms with Crippen molar-refractivity contribution in [3.8, 4) is 0 Å². The highest BCUT2D eigenvalue weighted by Crippen LogP contribution is 2.23. The maximum Gasteiger partial charge on any atom is 0.305 e. The fraction of sp³-hybridized carbons (Fsp3) is 0.562. The highest BCUT2D eigenvalue weighted by molar-refractivity contribution is 9.13. The number of hydrogen-bond donors (Lipinski definition) is 2. The Hall–Kier alpha value is -1.35. The van der Waals surface area contributed by atoms with Gasteiger partial charge >= 0.3 is 5.97 Å². The van der Waals surface area contributed by atoms with Crippen molar-refractivity contribution < 1.29 is 19.1 Å². The molecule has 2 amide bonds. The first kappa shape index (κ1) is 20.0. The van der Waals surface area contributed by atoms with Crippen LogP contribution < -0.4 is 5.32 Å². The van der Waals surface area contributed by atoms with E-state index in [1.54, 1.807) is 11.0 Å². The molecule has 0 spiro atoms. The first-order chi connectivity index (χ1) is 11.9. The van der Waals surface area contributed by atoms with E-state index >= 15 is 0 Å². The number of hydrogen-bond acceptors (Lipinski definition) is 4.